The fraction of sp³-hybridized carbons (Fsp3) is 0.500. The molecule has 1 aromatic rings. The van der Waals surface area contributed by atoms with Gasteiger partial charge in [0.15, 0.2) is 0 Å². The van der Waals surface area contributed by atoms with Gasteiger partial charge in [-0.15, -0.1) is 0 Å². The van der Waals surface area contributed by atoms with E-state index in [1.54, 1.807) is 14.0 Å². The monoisotopic (exact) mass is 194 g/mol. The number of aliphatic hydroxyl groups is 1. The normalized spacial score (nSPS) is 14.1. The average Bonchev–Trinajstić information content (AvgIpc) is 2.18. The van der Waals surface area contributed by atoms with Crippen molar-refractivity contribution < 1.29 is 9.84 Å². The van der Waals surface area contributed by atoms with Crippen LogP contribution in [0.5, 0.6) is 0 Å². The van der Waals surface area contributed by atoms with Gasteiger partial charge in [-0.05, 0) is 31.9 Å². The number of aliphatic hydroxyl groups excluding tert-OH is 1. The second-order valence-corrected chi connectivity index (χ2v) is 4.01. The highest BCUT2D eigenvalue weighted by Gasteiger charge is 2.18. The number of rotatable bonds is 3. The zero-order valence-corrected chi connectivity index (χ0v) is 9.24. The predicted octanol–water partition coefficient (Wildman–Crippen LogP) is 2.62. The van der Waals surface area contributed by atoms with Crippen molar-refractivity contribution in [2.45, 2.75) is 32.5 Å². The molecule has 1 unspecified atom stereocenters. The van der Waals surface area contributed by atoms with Gasteiger partial charge in [0.2, 0.25) is 0 Å². The van der Waals surface area contributed by atoms with E-state index in [0.717, 1.165) is 11.1 Å². The highest BCUT2D eigenvalue weighted by atomic mass is 16.5. The average molecular weight is 194 g/mol. The lowest BCUT2D eigenvalue weighted by atomic mass is 9.96. The lowest BCUT2D eigenvalue weighted by Crippen LogP contribution is -2.19. The Morgan fingerprint density at radius 2 is 1.71 bits per heavy atom. The van der Waals surface area contributed by atoms with Crippen LogP contribution in [0.25, 0.3) is 0 Å². The maximum absolute atomic E-state index is 9.34. The van der Waals surface area contributed by atoms with Crippen molar-refractivity contribution >= 4 is 0 Å². The summed E-state index contributed by atoms with van der Waals surface area (Å²) in [7, 11) is 1.70. The summed E-state index contributed by atoms with van der Waals surface area (Å²) in [6.45, 7) is 5.80. The molecule has 1 atom stereocenters. The van der Waals surface area contributed by atoms with Crippen molar-refractivity contribution in [2.24, 2.45) is 0 Å². The third-order valence-electron chi connectivity index (χ3n) is 2.60. The predicted molar refractivity (Wildman–Crippen MR) is 57.1 cm³/mol. The second-order valence-electron chi connectivity index (χ2n) is 4.01. The van der Waals surface area contributed by atoms with Crippen LogP contribution >= 0.6 is 0 Å². The van der Waals surface area contributed by atoms with Crippen LogP contribution < -0.4 is 0 Å². The largest absolute Gasteiger partial charge is 0.389 e. The van der Waals surface area contributed by atoms with E-state index in [2.05, 4.69) is 0 Å². The molecule has 1 N–H and O–H groups in total. The molecule has 0 spiro atoms. The summed E-state index contributed by atoms with van der Waals surface area (Å²) in [5.74, 6) is 0. The number of methoxy groups -OCH3 is 1. The first-order chi connectivity index (χ1) is 6.47. The van der Waals surface area contributed by atoms with E-state index in [4.69, 9.17) is 4.74 Å². The number of hydrogen-bond donors (Lipinski definition) is 1. The Balaban J connectivity index is 2.94. The SMILES string of the molecule is COC(C)(C)c1ccc(C(C)O)cc1. The molecule has 0 radical (unpaired) electrons. The smallest absolute Gasteiger partial charge is 0.0871 e. The molecule has 1 aromatic carbocycles. The molecule has 0 aliphatic rings. The number of hydrogen-bond acceptors (Lipinski definition) is 2. The van der Waals surface area contributed by atoms with Crippen LogP contribution in [0.4, 0.5) is 0 Å². The molecule has 0 aliphatic heterocycles. The first-order valence-corrected chi connectivity index (χ1v) is 4.81. The molecule has 0 aliphatic carbocycles. The lowest BCUT2D eigenvalue weighted by molar-refractivity contribution is 0.0192. The zero-order valence-electron chi connectivity index (χ0n) is 9.24. The Labute approximate surface area is 85.5 Å². The van der Waals surface area contributed by atoms with Crippen LogP contribution in [0.1, 0.15) is 38.0 Å². The first kappa shape index (κ1) is 11.2. The first-order valence-electron chi connectivity index (χ1n) is 4.81. The Kier molecular flexibility index (Phi) is 3.29. The Morgan fingerprint density at radius 3 is 2.07 bits per heavy atom. The van der Waals surface area contributed by atoms with Gasteiger partial charge in [0.25, 0.3) is 0 Å². The molecule has 0 amide bonds. The van der Waals surface area contributed by atoms with Crippen molar-refractivity contribution in [1.82, 2.24) is 0 Å². The van der Waals surface area contributed by atoms with Crippen molar-refractivity contribution in [1.29, 1.82) is 0 Å². The van der Waals surface area contributed by atoms with Gasteiger partial charge < -0.3 is 9.84 Å². The summed E-state index contributed by atoms with van der Waals surface area (Å²) in [5.41, 5.74) is 1.78. The summed E-state index contributed by atoms with van der Waals surface area (Å²) in [6.07, 6.45) is -0.408. The zero-order chi connectivity index (χ0) is 10.8. The van der Waals surface area contributed by atoms with Gasteiger partial charge in [-0.25, -0.2) is 0 Å². The maximum atomic E-state index is 9.34. The third-order valence-corrected chi connectivity index (χ3v) is 2.60. The fourth-order valence-corrected chi connectivity index (χ4v) is 1.28. The molecule has 0 fully saturated rings. The number of ether oxygens (including phenoxy) is 1. The van der Waals surface area contributed by atoms with Gasteiger partial charge in [-0.1, -0.05) is 24.3 Å². The molecule has 78 valence electrons. The van der Waals surface area contributed by atoms with E-state index in [1.807, 2.05) is 38.1 Å². The van der Waals surface area contributed by atoms with Gasteiger partial charge in [-0.3, -0.25) is 0 Å². The topological polar surface area (TPSA) is 29.5 Å². The van der Waals surface area contributed by atoms with Gasteiger partial charge in [-0.2, -0.15) is 0 Å². The van der Waals surface area contributed by atoms with Crippen molar-refractivity contribution in [3.05, 3.63) is 35.4 Å². The second kappa shape index (κ2) is 4.11. The van der Waals surface area contributed by atoms with Crippen molar-refractivity contribution in [2.75, 3.05) is 7.11 Å². The molecule has 0 saturated heterocycles. The van der Waals surface area contributed by atoms with Crippen LogP contribution in [0, 0.1) is 0 Å². The summed E-state index contributed by atoms with van der Waals surface area (Å²) in [6, 6.07) is 7.85. The lowest BCUT2D eigenvalue weighted by Gasteiger charge is -2.23. The van der Waals surface area contributed by atoms with E-state index in [-0.39, 0.29) is 5.60 Å². The van der Waals surface area contributed by atoms with E-state index in [0.29, 0.717) is 0 Å². The third kappa shape index (κ3) is 2.34. The van der Waals surface area contributed by atoms with Crippen LogP contribution in [0.15, 0.2) is 24.3 Å². The molecule has 0 bridgehead atoms. The van der Waals surface area contributed by atoms with Crippen LogP contribution in [-0.4, -0.2) is 12.2 Å². The molecule has 1 rings (SSSR count). The van der Waals surface area contributed by atoms with Crippen LogP contribution in [0.2, 0.25) is 0 Å². The van der Waals surface area contributed by atoms with Crippen molar-refractivity contribution in [3.63, 3.8) is 0 Å². The minimum absolute atomic E-state index is 0.267. The van der Waals surface area contributed by atoms with E-state index < -0.39 is 6.10 Å². The molecular formula is C12H18O2. The molecule has 2 heteroatoms. The van der Waals surface area contributed by atoms with Gasteiger partial charge >= 0.3 is 0 Å². The highest BCUT2D eigenvalue weighted by Crippen LogP contribution is 2.24. The van der Waals surface area contributed by atoms with E-state index >= 15 is 0 Å². The summed E-state index contributed by atoms with van der Waals surface area (Å²) >= 11 is 0. The Hall–Kier alpha value is -0.860. The quantitative estimate of drug-likeness (QED) is 0.801. The Bertz CT molecular complexity index is 286. The Morgan fingerprint density at radius 1 is 1.21 bits per heavy atom. The number of benzene rings is 1. The summed E-state index contributed by atoms with van der Waals surface area (Å²) in [4.78, 5) is 0. The van der Waals surface area contributed by atoms with Gasteiger partial charge in [0.1, 0.15) is 0 Å². The van der Waals surface area contributed by atoms with Crippen LogP contribution in [0.3, 0.4) is 0 Å². The summed E-state index contributed by atoms with van der Waals surface area (Å²) < 4.78 is 5.36. The minimum Gasteiger partial charge on any atom is -0.389 e. The maximum Gasteiger partial charge on any atom is 0.0871 e. The molecule has 0 saturated carbocycles. The minimum atomic E-state index is -0.408. The fourth-order valence-electron chi connectivity index (χ4n) is 1.28. The highest BCUT2D eigenvalue weighted by molar-refractivity contribution is 5.27. The molecule has 14 heavy (non-hydrogen) atoms. The summed E-state index contributed by atoms with van der Waals surface area (Å²) in [5, 5.41) is 9.34. The van der Waals surface area contributed by atoms with Gasteiger partial charge in [0, 0.05) is 7.11 Å². The van der Waals surface area contributed by atoms with E-state index in [1.165, 1.54) is 0 Å². The molecular weight excluding hydrogens is 176 g/mol. The molecule has 2 nitrogen and oxygen atoms in total. The van der Waals surface area contributed by atoms with Crippen molar-refractivity contribution in [3.8, 4) is 0 Å². The molecule has 0 heterocycles. The standard InChI is InChI=1S/C12H18O2/c1-9(13)10-5-7-11(8-6-10)12(2,3)14-4/h5-9,13H,1-4H3. The van der Waals surface area contributed by atoms with E-state index in [9.17, 15) is 5.11 Å². The molecule has 0 aromatic heterocycles. The van der Waals surface area contributed by atoms with Crippen LogP contribution in [-0.2, 0) is 10.3 Å². The van der Waals surface area contributed by atoms with Gasteiger partial charge in [0.05, 0.1) is 11.7 Å².